The van der Waals surface area contributed by atoms with Gasteiger partial charge in [0.25, 0.3) is 5.56 Å². The first-order chi connectivity index (χ1) is 12.4. The van der Waals surface area contributed by atoms with Crippen molar-refractivity contribution in [3.8, 4) is 5.69 Å². The van der Waals surface area contributed by atoms with Crippen LogP contribution in [0.3, 0.4) is 0 Å². The summed E-state index contributed by atoms with van der Waals surface area (Å²) < 4.78 is 6.53. The van der Waals surface area contributed by atoms with Crippen molar-refractivity contribution in [2.24, 2.45) is 7.05 Å². The van der Waals surface area contributed by atoms with E-state index in [2.05, 4.69) is 11.1 Å². The summed E-state index contributed by atoms with van der Waals surface area (Å²) in [4.78, 5) is 30.1. The summed E-state index contributed by atoms with van der Waals surface area (Å²) >= 11 is 0. The highest BCUT2D eigenvalue weighted by molar-refractivity contribution is 5.76. The van der Waals surface area contributed by atoms with Gasteiger partial charge in [-0.05, 0) is 38.0 Å². The van der Waals surface area contributed by atoms with Crippen LogP contribution in [-0.4, -0.2) is 23.1 Å². The monoisotopic (exact) mass is 351 g/mol. The molecule has 0 spiro atoms. The molecular formula is C19H21N5O2. The summed E-state index contributed by atoms with van der Waals surface area (Å²) in [7, 11) is 1.66. The fourth-order valence-electron chi connectivity index (χ4n) is 3.52. The van der Waals surface area contributed by atoms with Crippen molar-refractivity contribution < 1.29 is 0 Å². The third-order valence-corrected chi connectivity index (χ3v) is 4.73. The van der Waals surface area contributed by atoms with Crippen LogP contribution >= 0.6 is 0 Å². The molecule has 7 nitrogen and oxygen atoms in total. The Hall–Kier alpha value is -3.09. The predicted octanol–water partition coefficient (Wildman–Crippen LogP) is 2.17. The van der Waals surface area contributed by atoms with Crippen LogP contribution in [-0.2, 0) is 13.6 Å². The summed E-state index contributed by atoms with van der Waals surface area (Å²) in [6.45, 7) is 6.36. The second kappa shape index (κ2) is 5.72. The van der Waals surface area contributed by atoms with Crippen molar-refractivity contribution in [2.75, 3.05) is 0 Å². The predicted molar refractivity (Wildman–Crippen MR) is 101 cm³/mol. The molecule has 4 rings (SSSR count). The number of nitrogens with zero attached hydrogens (tertiary/aromatic N) is 5. The summed E-state index contributed by atoms with van der Waals surface area (Å²) in [5, 5.41) is 0. The quantitative estimate of drug-likeness (QED) is 0.568. The van der Waals surface area contributed by atoms with Crippen LogP contribution in [0.15, 0.2) is 40.1 Å². The Kier molecular flexibility index (Phi) is 3.61. The normalized spacial score (nSPS) is 11.7. The van der Waals surface area contributed by atoms with Crippen molar-refractivity contribution in [3.63, 3.8) is 0 Å². The third kappa shape index (κ3) is 2.16. The Bertz CT molecular complexity index is 1270. The smallest absolute Gasteiger partial charge is 0.283 e. The summed E-state index contributed by atoms with van der Waals surface area (Å²) in [6, 6.07) is 8.11. The maximum absolute atomic E-state index is 13.0. The average molecular weight is 351 g/mol. The fourth-order valence-corrected chi connectivity index (χ4v) is 3.52. The maximum atomic E-state index is 13.0. The van der Waals surface area contributed by atoms with E-state index in [4.69, 9.17) is 0 Å². The molecule has 0 aliphatic rings. The van der Waals surface area contributed by atoms with E-state index in [0.29, 0.717) is 29.9 Å². The molecule has 0 bridgehead atoms. The van der Waals surface area contributed by atoms with Crippen molar-refractivity contribution >= 4 is 16.9 Å². The van der Waals surface area contributed by atoms with Crippen LogP contribution in [0.4, 0.5) is 0 Å². The molecule has 0 aliphatic heterocycles. The highest BCUT2D eigenvalue weighted by Crippen LogP contribution is 2.21. The van der Waals surface area contributed by atoms with E-state index in [0.717, 1.165) is 16.9 Å². The zero-order valence-corrected chi connectivity index (χ0v) is 15.4. The summed E-state index contributed by atoms with van der Waals surface area (Å²) in [5.74, 6) is 0.629. The van der Waals surface area contributed by atoms with Crippen molar-refractivity contribution in [1.29, 1.82) is 0 Å². The van der Waals surface area contributed by atoms with Gasteiger partial charge in [-0.15, -0.1) is 0 Å². The van der Waals surface area contributed by atoms with Gasteiger partial charge in [0.15, 0.2) is 11.2 Å². The van der Waals surface area contributed by atoms with Gasteiger partial charge in [-0.25, -0.2) is 4.79 Å². The van der Waals surface area contributed by atoms with Crippen LogP contribution < -0.4 is 11.2 Å². The Morgan fingerprint density at radius 2 is 1.92 bits per heavy atom. The second-order valence-electron chi connectivity index (χ2n) is 6.70. The average Bonchev–Trinajstić information content (AvgIpc) is 3.11. The minimum atomic E-state index is -0.330. The number of fused-ring (bicyclic) bond motifs is 3. The summed E-state index contributed by atoms with van der Waals surface area (Å²) in [5.41, 5.74) is 3.31. The second-order valence-corrected chi connectivity index (χ2v) is 6.70. The van der Waals surface area contributed by atoms with E-state index in [-0.39, 0.29) is 11.2 Å². The van der Waals surface area contributed by atoms with Gasteiger partial charge < -0.3 is 0 Å². The minimum Gasteiger partial charge on any atom is -0.283 e. The number of aromatic nitrogens is 5. The Morgan fingerprint density at radius 3 is 2.62 bits per heavy atom. The molecule has 0 N–H and O–H groups in total. The maximum Gasteiger partial charge on any atom is 0.332 e. The van der Waals surface area contributed by atoms with Gasteiger partial charge in [-0.2, -0.15) is 4.98 Å². The van der Waals surface area contributed by atoms with Gasteiger partial charge >= 0.3 is 5.69 Å². The molecule has 3 aromatic heterocycles. The first-order valence-electron chi connectivity index (χ1n) is 8.71. The number of hydrogen-bond donors (Lipinski definition) is 0. The van der Waals surface area contributed by atoms with E-state index in [1.807, 2.05) is 49.7 Å². The lowest BCUT2D eigenvalue weighted by atomic mass is 10.2. The zero-order chi connectivity index (χ0) is 18.6. The molecule has 0 aliphatic carbocycles. The van der Waals surface area contributed by atoms with Crippen molar-refractivity contribution in [3.05, 3.63) is 62.6 Å². The lowest BCUT2D eigenvalue weighted by Crippen LogP contribution is -2.39. The molecule has 4 aromatic rings. The van der Waals surface area contributed by atoms with E-state index < -0.39 is 0 Å². The highest BCUT2D eigenvalue weighted by atomic mass is 16.2. The molecule has 0 fully saturated rings. The molecule has 134 valence electrons. The molecule has 0 radical (unpaired) electrons. The van der Waals surface area contributed by atoms with Gasteiger partial charge in [-0.3, -0.25) is 22.9 Å². The van der Waals surface area contributed by atoms with Crippen molar-refractivity contribution in [2.45, 2.75) is 33.7 Å². The number of aryl methyl sites for hydroxylation is 3. The Morgan fingerprint density at radius 1 is 1.15 bits per heavy atom. The van der Waals surface area contributed by atoms with E-state index >= 15 is 0 Å². The molecule has 0 saturated heterocycles. The van der Waals surface area contributed by atoms with Crippen LogP contribution in [0.2, 0.25) is 0 Å². The van der Waals surface area contributed by atoms with E-state index in [1.165, 1.54) is 9.13 Å². The van der Waals surface area contributed by atoms with Crippen molar-refractivity contribution in [1.82, 2.24) is 23.1 Å². The number of hydrogen-bond acceptors (Lipinski definition) is 3. The van der Waals surface area contributed by atoms with Gasteiger partial charge in [0.2, 0.25) is 5.78 Å². The molecule has 0 saturated carbocycles. The minimum absolute atomic E-state index is 0.293. The van der Waals surface area contributed by atoms with Crippen LogP contribution in [0.1, 0.15) is 24.6 Å². The zero-order valence-electron chi connectivity index (χ0n) is 15.4. The molecule has 0 atom stereocenters. The lowest BCUT2D eigenvalue weighted by Gasteiger charge is -2.07. The van der Waals surface area contributed by atoms with E-state index in [1.54, 1.807) is 11.4 Å². The SMILES string of the molecule is CCCn1c(=O)c2c(nc3n(-c4cccc(C)c4)c(C)cn23)n(C)c1=O. The van der Waals surface area contributed by atoms with E-state index in [9.17, 15) is 9.59 Å². The number of benzene rings is 1. The molecule has 3 heterocycles. The van der Waals surface area contributed by atoms with Gasteiger partial charge in [0.1, 0.15) is 0 Å². The summed E-state index contributed by atoms with van der Waals surface area (Å²) in [6.07, 6.45) is 2.61. The first kappa shape index (κ1) is 16.4. The highest BCUT2D eigenvalue weighted by Gasteiger charge is 2.20. The Balaban J connectivity index is 2.15. The molecule has 0 unspecified atom stereocenters. The number of rotatable bonds is 3. The largest absolute Gasteiger partial charge is 0.332 e. The lowest BCUT2D eigenvalue weighted by molar-refractivity contribution is 0.592. The van der Waals surface area contributed by atoms with Crippen LogP contribution in [0.25, 0.3) is 22.6 Å². The van der Waals surface area contributed by atoms with Gasteiger partial charge in [0.05, 0.1) is 0 Å². The third-order valence-electron chi connectivity index (χ3n) is 4.73. The van der Waals surface area contributed by atoms with Gasteiger partial charge in [0, 0.05) is 31.2 Å². The standard InChI is InChI=1S/C19H21N5O2/c1-5-9-22-17(25)15-16(21(4)19(22)26)20-18-23(15)11-13(3)24(18)14-8-6-7-12(2)10-14/h6-8,10-11H,5,9H2,1-4H3. The molecule has 1 aromatic carbocycles. The fraction of sp³-hybridized carbons (Fsp3) is 0.316. The Labute approximate surface area is 149 Å². The number of imidazole rings is 2. The molecule has 0 amide bonds. The molecule has 7 heteroatoms. The van der Waals surface area contributed by atoms with Crippen LogP contribution in [0, 0.1) is 13.8 Å². The van der Waals surface area contributed by atoms with Gasteiger partial charge in [-0.1, -0.05) is 19.1 Å². The first-order valence-corrected chi connectivity index (χ1v) is 8.71. The molecular weight excluding hydrogens is 330 g/mol. The molecule has 26 heavy (non-hydrogen) atoms. The topological polar surface area (TPSA) is 66.2 Å². The van der Waals surface area contributed by atoms with Crippen LogP contribution in [0.5, 0.6) is 0 Å².